The molecule has 3 rings (SSSR count). The van der Waals surface area contributed by atoms with Crippen molar-refractivity contribution < 1.29 is 9.53 Å². The average Bonchev–Trinajstić information content (AvgIpc) is 3.17. The van der Waals surface area contributed by atoms with Crippen molar-refractivity contribution in [2.24, 2.45) is 0 Å². The zero-order valence-electron chi connectivity index (χ0n) is 11.7. The van der Waals surface area contributed by atoms with Gasteiger partial charge in [-0.2, -0.15) is 5.10 Å². The van der Waals surface area contributed by atoms with Crippen LogP contribution in [0.1, 0.15) is 23.5 Å². The highest BCUT2D eigenvalue weighted by Gasteiger charge is 2.19. The minimum absolute atomic E-state index is 0.395. The lowest BCUT2D eigenvalue weighted by atomic mass is 10.2. The summed E-state index contributed by atoms with van der Waals surface area (Å²) in [7, 11) is 0. The van der Waals surface area contributed by atoms with Crippen LogP contribution in [0.3, 0.4) is 0 Å². The Hall–Kier alpha value is -2.25. The maximum Gasteiger partial charge on any atom is 0.340 e. The number of ether oxygens (including phenoxy) is 1. The molecule has 1 atom stereocenters. The maximum absolute atomic E-state index is 12.2. The van der Waals surface area contributed by atoms with E-state index >= 15 is 0 Å². The molecule has 0 amide bonds. The third kappa shape index (κ3) is 2.86. The van der Waals surface area contributed by atoms with E-state index < -0.39 is 12.2 Å². The van der Waals surface area contributed by atoms with E-state index in [1.807, 2.05) is 23.6 Å². The van der Waals surface area contributed by atoms with Gasteiger partial charge in [0, 0.05) is 0 Å². The fourth-order valence-electron chi connectivity index (χ4n) is 2.07. The minimum Gasteiger partial charge on any atom is -0.438 e. The Labute approximate surface area is 136 Å². The van der Waals surface area contributed by atoms with Gasteiger partial charge in [0.25, 0.3) is 0 Å². The van der Waals surface area contributed by atoms with Crippen LogP contribution in [-0.2, 0) is 4.74 Å². The van der Waals surface area contributed by atoms with Gasteiger partial charge in [0.15, 0.2) is 16.8 Å². The molecule has 22 heavy (non-hydrogen) atoms. The van der Waals surface area contributed by atoms with E-state index in [9.17, 15) is 4.79 Å². The lowest BCUT2D eigenvalue weighted by Gasteiger charge is -2.16. The Kier molecular flexibility index (Phi) is 4.17. The molecule has 0 aliphatic rings. The molecule has 0 saturated carbocycles. The summed E-state index contributed by atoms with van der Waals surface area (Å²) in [6.07, 6.45) is -0.559. The highest BCUT2D eigenvalue weighted by molar-refractivity contribution is 7.71. The molecule has 0 spiro atoms. The van der Waals surface area contributed by atoms with E-state index in [-0.39, 0.29) is 0 Å². The van der Waals surface area contributed by atoms with E-state index in [0.717, 1.165) is 4.88 Å². The number of H-pyrrole nitrogens is 1. The summed E-state index contributed by atoms with van der Waals surface area (Å²) in [5.41, 5.74) is 0.502. The first-order chi connectivity index (χ1) is 10.7. The molecule has 2 aromatic heterocycles. The van der Waals surface area contributed by atoms with Crippen molar-refractivity contribution in [2.45, 2.75) is 13.2 Å². The number of aromatic amines is 1. The number of hydrogen-bond donors (Lipinski definition) is 1. The molecule has 5 nitrogen and oxygen atoms in total. The van der Waals surface area contributed by atoms with Crippen LogP contribution in [0.15, 0.2) is 47.8 Å². The summed E-state index contributed by atoms with van der Waals surface area (Å²) >= 11 is 6.80. The van der Waals surface area contributed by atoms with Crippen LogP contribution >= 0.6 is 23.6 Å². The van der Waals surface area contributed by atoms with Crippen LogP contribution in [0, 0.1) is 4.77 Å². The largest absolute Gasteiger partial charge is 0.438 e. The lowest BCUT2D eigenvalue weighted by Crippen LogP contribution is -2.15. The van der Waals surface area contributed by atoms with Gasteiger partial charge >= 0.3 is 5.97 Å². The molecule has 3 aromatic rings. The minimum atomic E-state index is -0.559. The number of nitrogens with one attached hydrogen (secondary N) is 1. The summed E-state index contributed by atoms with van der Waals surface area (Å²) in [6.45, 7) is 1.77. The number of carbonyl (C=O) groups excluding carboxylic acids is 1. The second-order valence-electron chi connectivity index (χ2n) is 4.57. The molecule has 0 radical (unpaired) electrons. The number of hydrogen-bond acceptors (Lipinski definition) is 5. The molecular formula is C15H13N3O2S2. The molecule has 112 valence electrons. The normalized spacial score (nSPS) is 12.0. The number of thiophene rings is 1. The standard InChI is InChI=1S/C15H13N3O2S2/c1-10(20-14(19)11-6-3-2-4-7-11)18-13(16-17-15(18)21)12-8-5-9-22-12/h2-10H,1H3,(H,17,21). The van der Waals surface area contributed by atoms with Gasteiger partial charge < -0.3 is 4.74 Å². The third-order valence-electron chi connectivity index (χ3n) is 3.10. The number of rotatable bonds is 4. The van der Waals surface area contributed by atoms with Crippen molar-refractivity contribution in [3.8, 4) is 10.7 Å². The van der Waals surface area contributed by atoms with Gasteiger partial charge in [0.2, 0.25) is 0 Å². The predicted molar refractivity (Wildman–Crippen MR) is 87.3 cm³/mol. The summed E-state index contributed by atoms with van der Waals surface area (Å²) in [5.74, 6) is 0.265. The third-order valence-corrected chi connectivity index (χ3v) is 4.25. The molecule has 2 heterocycles. The first-order valence-corrected chi connectivity index (χ1v) is 7.92. The lowest BCUT2D eigenvalue weighted by molar-refractivity contribution is 0.0158. The Morgan fingerprint density at radius 3 is 2.77 bits per heavy atom. The molecule has 0 saturated heterocycles. The summed E-state index contributed by atoms with van der Waals surface area (Å²) in [5, 5.41) is 8.93. The van der Waals surface area contributed by atoms with E-state index in [4.69, 9.17) is 17.0 Å². The zero-order chi connectivity index (χ0) is 15.5. The molecule has 7 heteroatoms. The van der Waals surface area contributed by atoms with Crippen molar-refractivity contribution in [2.75, 3.05) is 0 Å². The van der Waals surface area contributed by atoms with E-state index in [2.05, 4.69) is 10.2 Å². The molecular weight excluding hydrogens is 318 g/mol. The second kappa shape index (κ2) is 6.25. The van der Waals surface area contributed by atoms with Crippen LogP contribution in [0.4, 0.5) is 0 Å². The monoisotopic (exact) mass is 331 g/mol. The fraction of sp³-hybridized carbons (Fsp3) is 0.133. The first kappa shape index (κ1) is 14.7. The van der Waals surface area contributed by atoms with Crippen molar-refractivity contribution in [1.29, 1.82) is 0 Å². The van der Waals surface area contributed by atoms with Crippen LogP contribution in [-0.4, -0.2) is 20.7 Å². The van der Waals surface area contributed by atoms with Gasteiger partial charge in [-0.15, -0.1) is 11.3 Å². The molecule has 1 N–H and O–H groups in total. The van der Waals surface area contributed by atoms with Crippen molar-refractivity contribution in [3.05, 3.63) is 58.2 Å². The molecule has 0 aliphatic carbocycles. The highest BCUT2D eigenvalue weighted by atomic mass is 32.1. The topological polar surface area (TPSA) is 59.9 Å². The van der Waals surface area contributed by atoms with E-state index in [1.54, 1.807) is 47.1 Å². The SMILES string of the molecule is CC(OC(=O)c1ccccc1)n1c(-c2cccs2)n[nH]c1=S. The van der Waals surface area contributed by atoms with Gasteiger partial charge in [-0.25, -0.2) is 4.79 Å². The Balaban J connectivity index is 1.87. The van der Waals surface area contributed by atoms with Gasteiger partial charge in [0.05, 0.1) is 10.4 Å². The number of carbonyl (C=O) groups is 1. The number of benzene rings is 1. The van der Waals surface area contributed by atoms with Crippen LogP contribution in [0.2, 0.25) is 0 Å². The van der Waals surface area contributed by atoms with Gasteiger partial charge in [-0.3, -0.25) is 9.67 Å². The van der Waals surface area contributed by atoms with Crippen LogP contribution < -0.4 is 0 Å². The smallest absolute Gasteiger partial charge is 0.340 e. The second-order valence-corrected chi connectivity index (χ2v) is 5.90. The van der Waals surface area contributed by atoms with Crippen LogP contribution in [0.5, 0.6) is 0 Å². The Morgan fingerprint density at radius 2 is 2.09 bits per heavy atom. The summed E-state index contributed by atoms with van der Waals surface area (Å²) in [4.78, 5) is 13.1. The van der Waals surface area contributed by atoms with Gasteiger partial charge in [-0.1, -0.05) is 24.3 Å². The fourth-order valence-corrected chi connectivity index (χ4v) is 3.06. The van der Waals surface area contributed by atoms with E-state index in [1.165, 1.54) is 0 Å². The van der Waals surface area contributed by atoms with Crippen LogP contribution in [0.25, 0.3) is 10.7 Å². The van der Waals surface area contributed by atoms with Gasteiger partial charge in [-0.05, 0) is 42.7 Å². The number of esters is 1. The molecule has 0 bridgehead atoms. The van der Waals surface area contributed by atoms with Crippen molar-refractivity contribution in [3.63, 3.8) is 0 Å². The number of nitrogens with zero attached hydrogens (tertiary/aromatic N) is 2. The molecule has 0 fully saturated rings. The van der Waals surface area contributed by atoms with Crippen molar-refractivity contribution >= 4 is 29.5 Å². The maximum atomic E-state index is 12.2. The predicted octanol–water partition coefficient (Wildman–Crippen LogP) is 4.04. The zero-order valence-corrected chi connectivity index (χ0v) is 13.4. The number of aromatic nitrogens is 3. The summed E-state index contributed by atoms with van der Waals surface area (Å²) < 4.78 is 7.61. The van der Waals surface area contributed by atoms with E-state index in [0.29, 0.717) is 16.2 Å². The average molecular weight is 331 g/mol. The molecule has 1 unspecified atom stereocenters. The van der Waals surface area contributed by atoms with Crippen molar-refractivity contribution in [1.82, 2.24) is 14.8 Å². The Bertz CT molecular complexity index is 822. The highest BCUT2D eigenvalue weighted by Crippen LogP contribution is 2.26. The summed E-state index contributed by atoms with van der Waals surface area (Å²) in [6, 6.07) is 12.7. The quantitative estimate of drug-likeness (QED) is 0.579. The first-order valence-electron chi connectivity index (χ1n) is 6.63. The Morgan fingerprint density at radius 1 is 1.32 bits per heavy atom. The van der Waals surface area contributed by atoms with Gasteiger partial charge in [0.1, 0.15) is 0 Å². The molecule has 1 aromatic carbocycles. The molecule has 0 aliphatic heterocycles.